The van der Waals surface area contributed by atoms with E-state index in [0.717, 1.165) is 0 Å². The number of carbonyl (C=O) groups excluding carboxylic acids is 1. The van der Waals surface area contributed by atoms with Crippen molar-refractivity contribution >= 4 is 11.5 Å². The monoisotopic (exact) mass is 164 g/mol. The van der Waals surface area contributed by atoms with Gasteiger partial charge in [0.05, 0.1) is 5.56 Å². The standard InChI is InChI=1S/C8H8N2O2/c1-5(8(9)12)6-4-10-3-2-7(6)11/h2-4H,1H2,(H2,9,12)(H,10,11). The molecular formula is C8H8N2O2. The molecule has 0 aromatic carbocycles. The predicted octanol–water partition coefficient (Wildman–Crippen LogP) is -0.127. The molecule has 4 nitrogen and oxygen atoms in total. The highest BCUT2D eigenvalue weighted by Gasteiger charge is 2.07. The molecule has 0 aliphatic carbocycles. The Morgan fingerprint density at radius 2 is 2.25 bits per heavy atom. The van der Waals surface area contributed by atoms with Gasteiger partial charge in [0.1, 0.15) is 0 Å². The number of aromatic amines is 1. The van der Waals surface area contributed by atoms with Crippen LogP contribution in [0.2, 0.25) is 0 Å². The molecule has 12 heavy (non-hydrogen) atoms. The van der Waals surface area contributed by atoms with E-state index in [4.69, 9.17) is 5.73 Å². The van der Waals surface area contributed by atoms with E-state index >= 15 is 0 Å². The SMILES string of the molecule is C=C(C(N)=O)c1c[nH]ccc1=O. The van der Waals surface area contributed by atoms with Crippen molar-refractivity contribution in [1.82, 2.24) is 4.98 Å². The lowest BCUT2D eigenvalue weighted by atomic mass is 10.1. The summed E-state index contributed by atoms with van der Waals surface area (Å²) in [6.45, 7) is 3.39. The van der Waals surface area contributed by atoms with Gasteiger partial charge in [-0.15, -0.1) is 0 Å². The predicted molar refractivity (Wildman–Crippen MR) is 45.3 cm³/mol. The van der Waals surface area contributed by atoms with Crippen molar-refractivity contribution in [3.63, 3.8) is 0 Å². The van der Waals surface area contributed by atoms with Crippen LogP contribution in [0.1, 0.15) is 5.56 Å². The van der Waals surface area contributed by atoms with Crippen LogP contribution in [0, 0.1) is 0 Å². The lowest BCUT2D eigenvalue weighted by Crippen LogP contribution is -2.17. The first kappa shape index (κ1) is 8.26. The van der Waals surface area contributed by atoms with Crippen molar-refractivity contribution in [2.24, 2.45) is 5.73 Å². The van der Waals surface area contributed by atoms with Crippen molar-refractivity contribution in [2.75, 3.05) is 0 Å². The number of pyridine rings is 1. The zero-order valence-corrected chi connectivity index (χ0v) is 6.33. The van der Waals surface area contributed by atoms with Gasteiger partial charge in [0.2, 0.25) is 5.91 Å². The fraction of sp³-hybridized carbons (Fsp3) is 0. The van der Waals surface area contributed by atoms with Crippen molar-refractivity contribution in [3.8, 4) is 0 Å². The third kappa shape index (κ3) is 1.42. The molecule has 0 aliphatic heterocycles. The van der Waals surface area contributed by atoms with E-state index in [1.807, 2.05) is 0 Å². The highest BCUT2D eigenvalue weighted by Crippen LogP contribution is 2.03. The molecule has 0 atom stereocenters. The molecule has 0 radical (unpaired) electrons. The third-order valence-electron chi connectivity index (χ3n) is 1.45. The molecular weight excluding hydrogens is 156 g/mol. The number of amides is 1. The molecule has 1 heterocycles. The molecule has 3 N–H and O–H groups in total. The van der Waals surface area contributed by atoms with Gasteiger partial charge in [0, 0.05) is 24.0 Å². The second-order valence-electron chi connectivity index (χ2n) is 2.27. The number of nitrogens with one attached hydrogen (secondary N) is 1. The van der Waals surface area contributed by atoms with Gasteiger partial charge in [-0.3, -0.25) is 9.59 Å². The first-order valence-corrected chi connectivity index (χ1v) is 3.29. The molecule has 62 valence electrons. The van der Waals surface area contributed by atoms with Crippen molar-refractivity contribution in [3.05, 3.63) is 40.8 Å². The number of H-pyrrole nitrogens is 1. The minimum absolute atomic E-state index is 0.0249. The minimum Gasteiger partial charge on any atom is -0.367 e. The van der Waals surface area contributed by atoms with Gasteiger partial charge in [0.25, 0.3) is 0 Å². The van der Waals surface area contributed by atoms with Gasteiger partial charge in [0.15, 0.2) is 5.43 Å². The molecule has 0 saturated heterocycles. The zero-order chi connectivity index (χ0) is 9.14. The summed E-state index contributed by atoms with van der Waals surface area (Å²) in [4.78, 5) is 24.4. The first-order chi connectivity index (χ1) is 5.63. The highest BCUT2D eigenvalue weighted by atomic mass is 16.1. The lowest BCUT2D eigenvalue weighted by molar-refractivity contribution is -0.112. The van der Waals surface area contributed by atoms with Gasteiger partial charge >= 0.3 is 0 Å². The molecule has 4 heteroatoms. The number of carbonyl (C=O) groups is 1. The fourth-order valence-electron chi connectivity index (χ4n) is 0.785. The van der Waals surface area contributed by atoms with Crippen molar-refractivity contribution in [2.45, 2.75) is 0 Å². The zero-order valence-electron chi connectivity index (χ0n) is 6.33. The largest absolute Gasteiger partial charge is 0.367 e. The van der Waals surface area contributed by atoms with E-state index in [0.29, 0.717) is 0 Å². The molecule has 1 aromatic rings. The van der Waals surface area contributed by atoms with E-state index < -0.39 is 5.91 Å². The van der Waals surface area contributed by atoms with Crippen LogP contribution in [0.25, 0.3) is 5.57 Å². The van der Waals surface area contributed by atoms with Crippen LogP contribution in [-0.4, -0.2) is 10.9 Å². The molecule has 0 aliphatic rings. The average Bonchev–Trinajstić information content (AvgIpc) is 2.04. The van der Waals surface area contributed by atoms with Gasteiger partial charge in [-0.2, -0.15) is 0 Å². The maximum absolute atomic E-state index is 11.1. The Morgan fingerprint density at radius 1 is 1.58 bits per heavy atom. The normalized spacial score (nSPS) is 9.33. The smallest absolute Gasteiger partial charge is 0.248 e. The summed E-state index contributed by atoms with van der Waals surface area (Å²) >= 11 is 0. The van der Waals surface area contributed by atoms with Gasteiger partial charge < -0.3 is 10.7 Å². The second-order valence-corrected chi connectivity index (χ2v) is 2.27. The van der Waals surface area contributed by atoms with E-state index in [2.05, 4.69) is 11.6 Å². The van der Waals surface area contributed by atoms with E-state index in [1.54, 1.807) is 0 Å². The van der Waals surface area contributed by atoms with Gasteiger partial charge in [-0.1, -0.05) is 6.58 Å². The minimum atomic E-state index is -0.688. The fourth-order valence-corrected chi connectivity index (χ4v) is 0.785. The molecule has 0 saturated carbocycles. The van der Waals surface area contributed by atoms with Gasteiger partial charge in [-0.25, -0.2) is 0 Å². The lowest BCUT2D eigenvalue weighted by Gasteiger charge is -1.97. The van der Waals surface area contributed by atoms with Crippen LogP contribution >= 0.6 is 0 Å². The third-order valence-corrected chi connectivity index (χ3v) is 1.45. The molecule has 1 rings (SSSR count). The summed E-state index contributed by atoms with van der Waals surface area (Å²) in [6, 6.07) is 1.31. The molecule has 0 fully saturated rings. The molecule has 0 unspecified atom stereocenters. The Balaban J connectivity index is 3.21. The number of hydrogen-bond acceptors (Lipinski definition) is 2. The molecule has 0 spiro atoms. The number of primary amides is 1. The van der Waals surface area contributed by atoms with Crippen LogP contribution in [0.5, 0.6) is 0 Å². The quantitative estimate of drug-likeness (QED) is 0.597. The maximum atomic E-state index is 11.1. The van der Waals surface area contributed by atoms with E-state index in [-0.39, 0.29) is 16.6 Å². The Labute approximate surface area is 68.7 Å². The summed E-state index contributed by atoms with van der Waals surface area (Å²) < 4.78 is 0. The topological polar surface area (TPSA) is 76.0 Å². The van der Waals surface area contributed by atoms with Crippen LogP contribution in [0.3, 0.4) is 0 Å². The Kier molecular flexibility index (Phi) is 2.09. The summed E-state index contributed by atoms with van der Waals surface area (Å²) in [6.07, 6.45) is 2.87. The number of nitrogens with two attached hydrogens (primary N) is 1. The number of hydrogen-bond donors (Lipinski definition) is 2. The summed E-state index contributed by atoms with van der Waals surface area (Å²) in [5.74, 6) is -0.688. The molecule has 1 amide bonds. The Hall–Kier alpha value is -1.84. The second kappa shape index (κ2) is 3.04. The molecule has 0 bridgehead atoms. The van der Waals surface area contributed by atoms with Crippen molar-refractivity contribution in [1.29, 1.82) is 0 Å². The van der Waals surface area contributed by atoms with Crippen LogP contribution in [0.15, 0.2) is 29.8 Å². The summed E-state index contributed by atoms with van der Waals surface area (Å²) in [7, 11) is 0. The number of aromatic nitrogens is 1. The Morgan fingerprint density at radius 3 is 2.75 bits per heavy atom. The number of rotatable bonds is 2. The van der Waals surface area contributed by atoms with Gasteiger partial charge in [-0.05, 0) is 0 Å². The highest BCUT2D eigenvalue weighted by molar-refractivity contribution is 6.17. The first-order valence-electron chi connectivity index (χ1n) is 3.29. The molecule has 1 aromatic heterocycles. The Bertz CT molecular complexity index is 379. The van der Waals surface area contributed by atoms with Crippen LogP contribution < -0.4 is 11.2 Å². The maximum Gasteiger partial charge on any atom is 0.248 e. The average molecular weight is 164 g/mol. The van der Waals surface area contributed by atoms with Crippen molar-refractivity contribution < 1.29 is 4.79 Å². The summed E-state index contributed by atoms with van der Waals surface area (Å²) in [5.41, 5.74) is 4.92. The summed E-state index contributed by atoms with van der Waals surface area (Å²) in [5, 5.41) is 0. The van der Waals surface area contributed by atoms with E-state index in [1.165, 1.54) is 18.5 Å². The van der Waals surface area contributed by atoms with Crippen LogP contribution in [0.4, 0.5) is 0 Å². The van der Waals surface area contributed by atoms with E-state index in [9.17, 15) is 9.59 Å². The van der Waals surface area contributed by atoms with Crippen LogP contribution in [-0.2, 0) is 4.79 Å².